The van der Waals surface area contributed by atoms with Gasteiger partial charge in [-0.25, -0.2) is 13.9 Å². The zero-order valence-corrected chi connectivity index (χ0v) is 22.4. The van der Waals surface area contributed by atoms with E-state index in [0.717, 1.165) is 30.0 Å². The van der Waals surface area contributed by atoms with Crippen molar-refractivity contribution in [2.75, 3.05) is 13.1 Å². The van der Waals surface area contributed by atoms with Gasteiger partial charge in [0.05, 0.1) is 12.7 Å². The van der Waals surface area contributed by atoms with Crippen LogP contribution in [0.1, 0.15) is 63.0 Å². The Bertz CT molecular complexity index is 1490. The Morgan fingerprint density at radius 2 is 1.85 bits per heavy atom. The molecule has 5 rings (SSSR count). The van der Waals surface area contributed by atoms with Crippen molar-refractivity contribution in [2.45, 2.75) is 58.1 Å². The van der Waals surface area contributed by atoms with E-state index in [1.54, 1.807) is 11.1 Å². The van der Waals surface area contributed by atoms with Crippen molar-refractivity contribution in [1.82, 2.24) is 30.1 Å². The van der Waals surface area contributed by atoms with Crippen LogP contribution in [0, 0.1) is 5.82 Å². The molecule has 1 fully saturated rings. The van der Waals surface area contributed by atoms with Gasteiger partial charge in [0, 0.05) is 29.8 Å². The van der Waals surface area contributed by atoms with E-state index in [1.165, 1.54) is 16.8 Å². The van der Waals surface area contributed by atoms with Crippen LogP contribution in [0.3, 0.4) is 0 Å². The third-order valence-corrected chi connectivity index (χ3v) is 6.60. The predicted molar refractivity (Wildman–Crippen MR) is 139 cm³/mol. The molecule has 210 valence electrons. The van der Waals surface area contributed by atoms with Crippen LogP contribution in [0.15, 0.2) is 53.1 Å². The normalized spacial score (nSPS) is 14.6. The lowest BCUT2D eigenvalue weighted by Crippen LogP contribution is -2.41. The highest BCUT2D eigenvalue weighted by atomic mass is 19.3. The lowest BCUT2D eigenvalue weighted by Gasteiger charge is -2.33. The molecule has 2 aromatic carbocycles. The molecular weight excluding hydrogens is 525 g/mol. The number of hydrogen-bond donors (Lipinski definition) is 0. The smallest absolute Gasteiger partial charge is 0.410 e. The summed E-state index contributed by atoms with van der Waals surface area (Å²) < 4.78 is 52.1. The summed E-state index contributed by atoms with van der Waals surface area (Å²) in [7, 11) is 0. The summed E-state index contributed by atoms with van der Waals surface area (Å²) in [5.41, 5.74) is 2.71. The van der Waals surface area contributed by atoms with Crippen LogP contribution in [0.4, 0.5) is 18.0 Å². The zero-order chi connectivity index (χ0) is 28.4. The van der Waals surface area contributed by atoms with Gasteiger partial charge >= 0.3 is 12.5 Å². The summed E-state index contributed by atoms with van der Waals surface area (Å²) >= 11 is 0. The van der Waals surface area contributed by atoms with E-state index in [4.69, 9.17) is 9.15 Å². The molecular formula is C28H29F3N6O3. The molecule has 2 aromatic heterocycles. The second-order valence-corrected chi connectivity index (χ2v) is 10.7. The van der Waals surface area contributed by atoms with Crippen molar-refractivity contribution in [2.24, 2.45) is 0 Å². The van der Waals surface area contributed by atoms with Crippen molar-refractivity contribution in [1.29, 1.82) is 0 Å². The second-order valence-electron chi connectivity index (χ2n) is 10.7. The molecule has 1 aliphatic rings. The number of carbonyl (C=O) groups is 1. The van der Waals surface area contributed by atoms with Crippen molar-refractivity contribution in [3.8, 4) is 22.7 Å². The Hall–Kier alpha value is -4.22. The molecule has 0 unspecified atom stereocenters. The van der Waals surface area contributed by atoms with Crippen LogP contribution < -0.4 is 0 Å². The Kier molecular flexibility index (Phi) is 7.59. The molecule has 0 spiro atoms. The number of aromatic nitrogens is 5. The summed E-state index contributed by atoms with van der Waals surface area (Å²) in [5, 5.41) is 15.2. The first-order valence-corrected chi connectivity index (χ1v) is 12.9. The largest absolute Gasteiger partial charge is 0.444 e. The molecule has 1 aliphatic heterocycles. The first kappa shape index (κ1) is 27.4. The highest BCUT2D eigenvalue weighted by Crippen LogP contribution is 2.31. The second kappa shape index (κ2) is 11.1. The number of hydrogen-bond acceptors (Lipinski definition) is 7. The topological polar surface area (TPSA) is 99.2 Å². The number of likely N-dealkylation sites (tertiary alicyclic amines) is 1. The molecule has 40 heavy (non-hydrogen) atoms. The van der Waals surface area contributed by atoms with Crippen LogP contribution in [-0.4, -0.2) is 54.9 Å². The molecule has 0 saturated carbocycles. The number of carbonyl (C=O) groups excluding carboxylic acids is 1. The number of alkyl halides is 2. The predicted octanol–water partition coefficient (Wildman–Crippen LogP) is 6.23. The quantitative estimate of drug-likeness (QED) is 0.278. The molecule has 0 atom stereocenters. The minimum atomic E-state index is -2.90. The van der Waals surface area contributed by atoms with Crippen molar-refractivity contribution < 1.29 is 27.1 Å². The number of ether oxygens (including phenoxy) is 1. The third-order valence-electron chi connectivity index (χ3n) is 6.60. The average molecular weight is 555 g/mol. The van der Waals surface area contributed by atoms with Gasteiger partial charge in [-0.2, -0.15) is 8.78 Å². The van der Waals surface area contributed by atoms with Gasteiger partial charge in [0.25, 0.3) is 5.89 Å². The van der Waals surface area contributed by atoms with E-state index < -0.39 is 23.7 Å². The SMILES string of the molecule is CC(C)(C)OC(=O)N1CCC(c2cccc(-c3cn(Cc4ccc(-c5nnc(C(F)F)o5)cc4F)nn3)c2)CC1. The summed E-state index contributed by atoms with van der Waals surface area (Å²) in [6.07, 6.45) is 0.225. The van der Waals surface area contributed by atoms with Crippen LogP contribution in [0.2, 0.25) is 0 Å². The third kappa shape index (κ3) is 6.32. The molecule has 0 radical (unpaired) electrons. The lowest BCUT2D eigenvalue weighted by atomic mass is 9.88. The Labute approximate surface area is 229 Å². The van der Waals surface area contributed by atoms with Gasteiger partial charge in [0.15, 0.2) is 0 Å². The molecule has 0 N–H and O–H groups in total. The van der Waals surface area contributed by atoms with Crippen molar-refractivity contribution >= 4 is 6.09 Å². The van der Waals surface area contributed by atoms with Gasteiger partial charge in [-0.3, -0.25) is 0 Å². The van der Waals surface area contributed by atoms with Gasteiger partial charge in [-0.05, 0) is 63.3 Å². The van der Waals surface area contributed by atoms with E-state index in [0.29, 0.717) is 30.3 Å². The van der Waals surface area contributed by atoms with Gasteiger partial charge in [0.1, 0.15) is 17.1 Å². The maximum atomic E-state index is 14.8. The first-order chi connectivity index (χ1) is 19.1. The maximum absolute atomic E-state index is 14.8. The summed E-state index contributed by atoms with van der Waals surface area (Å²) in [6.45, 7) is 6.96. The fourth-order valence-electron chi connectivity index (χ4n) is 4.60. The van der Waals surface area contributed by atoms with Crippen LogP contribution in [0.5, 0.6) is 0 Å². The van der Waals surface area contributed by atoms with E-state index in [9.17, 15) is 18.0 Å². The number of nitrogens with zero attached hydrogens (tertiary/aromatic N) is 6. The molecule has 1 amide bonds. The van der Waals surface area contributed by atoms with Crippen LogP contribution in [-0.2, 0) is 11.3 Å². The summed E-state index contributed by atoms with van der Waals surface area (Å²) in [4.78, 5) is 14.1. The zero-order valence-electron chi connectivity index (χ0n) is 22.4. The maximum Gasteiger partial charge on any atom is 0.410 e. The minimum Gasteiger partial charge on any atom is -0.444 e. The summed E-state index contributed by atoms with van der Waals surface area (Å²) in [6, 6.07) is 12.3. The first-order valence-electron chi connectivity index (χ1n) is 12.9. The average Bonchev–Trinajstić information content (AvgIpc) is 3.60. The Morgan fingerprint density at radius 1 is 1.07 bits per heavy atom. The molecule has 0 aliphatic carbocycles. The molecule has 9 nitrogen and oxygen atoms in total. The fraction of sp³-hybridized carbons (Fsp3) is 0.393. The summed E-state index contributed by atoms with van der Waals surface area (Å²) in [5.74, 6) is -1.26. The van der Waals surface area contributed by atoms with Crippen molar-refractivity contribution in [3.63, 3.8) is 0 Å². The molecule has 0 bridgehead atoms. The highest BCUT2D eigenvalue weighted by molar-refractivity contribution is 5.68. The molecule has 4 aromatic rings. The standard InChI is InChI=1S/C28H29F3N6O3/c1-28(2,3)40-27(38)36-11-9-17(10-12-36)18-5-4-6-19(13-18)23-16-37(35-32-23)15-21-8-7-20(14-22(21)29)25-33-34-26(39-25)24(30)31/h4-8,13-14,16-17,24H,9-12,15H2,1-3H3. The highest BCUT2D eigenvalue weighted by Gasteiger charge is 2.27. The molecule has 1 saturated heterocycles. The number of amides is 1. The molecule has 12 heteroatoms. The van der Waals surface area contributed by atoms with Crippen molar-refractivity contribution in [3.05, 3.63) is 71.5 Å². The van der Waals surface area contributed by atoms with Gasteiger partial charge in [-0.15, -0.1) is 15.3 Å². The number of benzene rings is 2. The van der Waals surface area contributed by atoms with E-state index in [-0.39, 0.29) is 24.1 Å². The van der Waals surface area contributed by atoms with E-state index in [2.05, 4.69) is 32.6 Å². The Morgan fingerprint density at radius 3 is 2.52 bits per heavy atom. The lowest BCUT2D eigenvalue weighted by molar-refractivity contribution is 0.0205. The fourth-order valence-corrected chi connectivity index (χ4v) is 4.60. The van der Waals surface area contributed by atoms with Crippen LogP contribution >= 0.6 is 0 Å². The number of piperidine rings is 1. The van der Waals surface area contributed by atoms with E-state index >= 15 is 0 Å². The van der Waals surface area contributed by atoms with Crippen LogP contribution in [0.25, 0.3) is 22.7 Å². The Balaban J connectivity index is 1.23. The minimum absolute atomic E-state index is 0.119. The number of halogens is 3. The van der Waals surface area contributed by atoms with Gasteiger partial charge < -0.3 is 14.1 Å². The monoisotopic (exact) mass is 554 g/mol. The van der Waals surface area contributed by atoms with E-state index in [1.807, 2.05) is 32.9 Å². The van der Waals surface area contributed by atoms with Gasteiger partial charge in [0.2, 0.25) is 5.89 Å². The molecule has 3 heterocycles. The number of rotatable bonds is 6. The van der Waals surface area contributed by atoms with Gasteiger partial charge in [-0.1, -0.05) is 29.5 Å².